The van der Waals surface area contributed by atoms with Crippen molar-refractivity contribution >= 4 is 17.7 Å². The first kappa shape index (κ1) is 10.8. The molecule has 4 heteroatoms. The van der Waals surface area contributed by atoms with Gasteiger partial charge in [0.1, 0.15) is 0 Å². The van der Waals surface area contributed by atoms with E-state index in [1.165, 1.54) is 6.92 Å². The van der Waals surface area contributed by atoms with Crippen molar-refractivity contribution in [2.45, 2.75) is 19.2 Å². The maximum absolute atomic E-state index is 10.4. The molecule has 0 fully saturated rings. The van der Waals surface area contributed by atoms with Crippen LogP contribution in [0, 0.1) is 0 Å². The number of carbonyl (C=O) groups excluding carboxylic acids is 1. The van der Waals surface area contributed by atoms with Crippen LogP contribution in [0.4, 0.5) is 0 Å². The molecule has 0 aromatic heterocycles. The fraction of sp³-hybridized carbons (Fsp3) is 0.857. The summed E-state index contributed by atoms with van der Waals surface area (Å²) in [6, 6.07) is 0. The third-order valence-corrected chi connectivity index (χ3v) is 2.16. The third-order valence-electron chi connectivity index (χ3n) is 1.28. The van der Waals surface area contributed by atoms with Crippen LogP contribution in [0.5, 0.6) is 0 Å². The summed E-state index contributed by atoms with van der Waals surface area (Å²) >= 11 is 1.76. The number of thioether (sulfide) groups is 1. The number of amides is 1. The lowest BCUT2D eigenvalue weighted by Gasteiger charge is -2.10. The molecule has 0 heterocycles. The molecule has 66 valence electrons. The Morgan fingerprint density at radius 3 is 2.64 bits per heavy atom. The Kier molecular flexibility index (Phi) is 6.36. The van der Waals surface area contributed by atoms with Gasteiger partial charge in [0.25, 0.3) is 0 Å². The van der Waals surface area contributed by atoms with Gasteiger partial charge >= 0.3 is 0 Å². The van der Waals surface area contributed by atoms with Crippen LogP contribution < -0.4 is 10.6 Å². The van der Waals surface area contributed by atoms with E-state index in [-0.39, 0.29) is 5.91 Å². The van der Waals surface area contributed by atoms with E-state index in [1.54, 1.807) is 11.8 Å². The van der Waals surface area contributed by atoms with Crippen LogP contribution in [0.1, 0.15) is 13.8 Å². The number of carbonyl (C=O) groups is 1. The van der Waals surface area contributed by atoms with Crippen molar-refractivity contribution in [3.05, 3.63) is 0 Å². The lowest BCUT2D eigenvalue weighted by Crippen LogP contribution is -2.33. The van der Waals surface area contributed by atoms with Crippen LogP contribution in [0.3, 0.4) is 0 Å². The molecule has 0 aliphatic heterocycles. The smallest absolute Gasteiger partial charge is 0.216 e. The summed E-state index contributed by atoms with van der Waals surface area (Å²) in [5, 5.41) is 6.41. The first-order chi connectivity index (χ1) is 5.16. The van der Waals surface area contributed by atoms with E-state index in [1.807, 2.05) is 0 Å². The van der Waals surface area contributed by atoms with Gasteiger partial charge in [-0.15, -0.1) is 11.8 Å². The standard InChI is InChI=1S/C7H16N2OS/c1-6(10)8-4-5-9-7(2)11-3/h7,9H,4-5H2,1-3H3,(H,8,10). The second-order valence-corrected chi connectivity index (χ2v) is 3.49. The van der Waals surface area contributed by atoms with E-state index in [4.69, 9.17) is 0 Å². The van der Waals surface area contributed by atoms with Gasteiger partial charge in [0.15, 0.2) is 0 Å². The minimum absolute atomic E-state index is 0.0311. The highest BCUT2D eigenvalue weighted by molar-refractivity contribution is 7.99. The Labute approximate surface area is 72.3 Å². The second kappa shape index (κ2) is 6.49. The first-order valence-corrected chi connectivity index (χ1v) is 4.96. The maximum Gasteiger partial charge on any atom is 0.216 e. The Morgan fingerprint density at radius 2 is 2.18 bits per heavy atom. The Balaban J connectivity index is 3.08. The number of hydrogen-bond acceptors (Lipinski definition) is 3. The van der Waals surface area contributed by atoms with Crippen LogP contribution in [0.15, 0.2) is 0 Å². The lowest BCUT2D eigenvalue weighted by molar-refractivity contribution is -0.118. The zero-order valence-corrected chi connectivity index (χ0v) is 8.12. The van der Waals surface area contributed by atoms with E-state index in [0.717, 1.165) is 6.54 Å². The minimum atomic E-state index is 0.0311. The molecule has 0 radical (unpaired) electrons. The largest absolute Gasteiger partial charge is 0.355 e. The van der Waals surface area contributed by atoms with E-state index in [9.17, 15) is 4.79 Å². The Morgan fingerprint density at radius 1 is 1.55 bits per heavy atom. The third kappa shape index (κ3) is 7.68. The van der Waals surface area contributed by atoms with Crippen molar-refractivity contribution in [1.82, 2.24) is 10.6 Å². The fourth-order valence-corrected chi connectivity index (χ4v) is 0.882. The molecule has 1 amide bonds. The molecule has 0 aromatic rings. The van der Waals surface area contributed by atoms with Gasteiger partial charge in [-0.2, -0.15) is 0 Å². The molecule has 0 aromatic carbocycles. The van der Waals surface area contributed by atoms with Crippen molar-refractivity contribution in [3.8, 4) is 0 Å². The molecule has 1 atom stereocenters. The number of nitrogens with one attached hydrogen (secondary N) is 2. The highest BCUT2D eigenvalue weighted by Crippen LogP contribution is 1.98. The van der Waals surface area contributed by atoms with Gasteiger partial charge < -0.3 is 10.6 Å². The zero-order valence-electron chi connectivity index (χ0n) is 7.31. The molecule has 3 nitrogen and oxygen atoms in total. The fourth-order valence-electron chi connectivity index (χ4n) is 0.597. The summed E-state index contributed by atoms with van der Waals surface area (Å²) in [7, 11) is 0. The molecule has 0 saturated carbocycles. The van der Waals surface area contributed by atoms with E-state index < -0.39 is 0 Å². The number of hydrogen-bond donors (Lipinski definition) is 2. The van der Waals surface area contributed by atoms with Gasteiger partial charge in [0, 0.05) is 20.0 Å². The minimum Gasteiger partial charge on any atom is -0.355 e. The average Bonchev–Trinajstić information content (AvgIpc) is 1.97. The van der Waals surface area contributed by atoms with Gasteiger partial charge in [0.2, 0.25) is 5.91 Å². The first-order valence-electron chi connectivity index (χ1n) is 3.67. The second-order valence-electron chi connectivity index (χ2n) is 2.32. The molecule has 1 unspecified atom stereocenters. The molecule has 11 heavy (non-hydrogen) atoms. The normalized spacial score (nSPS) is 12.6. The molecule has 0 aliphatic rings. The summed E-state index contributed by atoms with van der Waals surface area (Å²) in [4.78, 5) is 10.4. The SMILES string of the molecule is CSC(C)NCCNC(C)=O. The van der Waals surface area contributed by atoms with Crippen LogP contribution in [-0.4, -0.2) is 30.6 Å². The summed E-state index contributed by atoms with van der Waals surface area (Å²) in [5.41, 5.74) is 0. The quantitative estimate of drug-likeness (QED) is 0.471. The molecule has 0 rings (SSSR count). The zero-order chi connectivity index (χ0) is 8.69. The summed E-state index contributed by atoms with van der Waals surface area (Å²) in [6.45, 7) is 5.16. The maximum atomic E-state index is 10.4. The molecule has 0 aliphatic carbocycles. The molecule has 0 saturated heterocycles. The lowest BCUT2D eigenvalue weighted by atomic mass is 10.5. The van der Waals surface area contributed by atoms with Crippen molar-refractivity contribution < 1.29 is 4.79 Å². The van der Waals surface area contributed by atoms with Crippen molar-refractivity contribution in [2.24, 2.45) is 0 Å². The topological polar surface area (TPSA) is 41.1 Å². The van der Waals surface area contributed by atoms with E-state index >= 15 is 0 Å². The van der Waals surface area contributed by atoms with E-state index in [0.29, 0.717) is 11.9 Å². The summed E-state index contributed by atoms with van der Waals surface area (Å²) in [6.07, 6.45) is 2.05. The van der Waals surface area contributed by atoms with Gasteiger partial charge in [-0.3, -0.25) is 4.79 Å². The highest BCUT2D eigenvalue weighted by Gasteiger charge is 1.95. The molecule has 0 spiro atoms. The van der Waals surface area contributed by atoms with Crippen LogP contribution in [0.25, 0.3) is 0 Å². The molecular formula is C7H16N2OS. The van der Waals surface area contributed by atoms with Crippen LogP contribution in [-0.2, 0) is 4.79 Å². The summed E-state index contributed by atoms with van der Waals surface area (Å²) < 4.78 is 0. The predicted molar refractivity (Wildman–Crippen MR) is 49.7 cm³/mol. The van der Waals surface area contributed by atoms with Crippen molar-refractivity contribution in [3.63, 3.8) is 0 Å². The Bertz CT molecular complexity index is 119. The molecular weight excluding hydrogens is 160 g/mol. The van der Waals surface area contributed by atoms with Gasteiger partial charge in [-0.1, -0.05) is 0 Å². The highest BCUT2D eigenvalue weighted by atomic mass is 32.2. The van der Waals surface area contributed by atoms with Gasteiger partial charge in [-0.25, -0.2) is 0 Å². The summed E-state index contributed by atoms with van der Waals surface area (Å²) in [5.74, 6) is 0.0311. The van der Waals surface area contributed by atoms with Gasteiger partial charge in [0.05, 0.1) is 5.37 Å². The van der Waals surface area contributed by atoms with Crippen molar-refractivity contribution in [2.75, 3.05) is 19.3 Å². The van der Waals surface area contributed by atoms with E-state index in [2.05, 4.69) is 23.8 Å². The van der Waals surface area contributed by atoms with Gasteiger partial charge in [-0.05, 0) is 13.2 Å². The number of rotatable bonds is 5. The van der Waals surface area contributed by atoms with Crippen molar-refractivity contribution in [1.29, 1.82) is 0 Å². The van der Waals surface area contributed by atoms with Crippen LogP contribution in [0.2, 0.25) is 0 Å². The average molecular weight is 176 g/mol. The Hall–Kier alpha value is -0.220. The monoisotopic (exact) mass is 176 g/mol. The van der Waals surface area contributed by atoms with Crippen LogP contribution >= 0.6 is 11.8 Å². The predicted octanol–water partition coefficient (Wildman–Crippen LogP) is 0.421. The molecule has 0 bridgehead atoms. The molecule has 2 N–H and O–H groups in total.